The van der Waals surface area contributed by atoms with Gasteiger partial charge in [0.1, 0.15) is 11.5 Å². The lowest BCUT2D eigenvalue weighted by molar-refractivity contribution is 0.401. The first-order valence-electron chi connectivity index (χ1n) is 3.83. The number of benzene rings is 1. The second-order valence-corrected chi connectivity index (χ2v) is 2.40. The van der Waals surface area contributed by atoms with E-state index in [-0.39, 0.29) is 0 Å². The maximum atomic E-state index is 5.15. The normalized spacial score (nSPS) is 9.58. The van der Waals surface area contributed by atoms with Gasteiger partial charge in [-0.15, -0.1) is 0 Å². The Kier molecular flexibility index (Phi) is 2.97. The highest BCUT2D eigenvalue weighted by atomic mass is 16.5. The van der Waals surface area contributed by atoms with Crippen LogP contribution < -0.4 is 9.47 Å². The third kappa shape index (κ3) is 1.70. The second kappa shape index (κ2) is 4.00. The standard InChI is InChI=1S/C10H13O2/c1-4-8-7-9(11-2)5-6-10(8)12-3/h4-7H,1-3H3. The van der Waals surface area contributed by atoms with Crippen LogP contribution in [-0.2, 0) is 0 Å². The smallest absolute Gasteiger partial charge is 0.122 e. The van der Waals surface area contributed by atoms with E-state index in [2.05, 4.69) is 0 Å². The third-order valence-corrected chi connectivity index (χ3v) is 1.75. The molecule has 0 atom stereocenters. The van der Waals surface area contributed by atoms with Gasteiger partial charge >= 0.3 is 0 Å². The monoisotopic (exact) mass is 165 g/mol. The van der Waals surface area contributed by atoms with E-state index >= 15 is 0 Å². The molecule has 0 aliphatic carbocycles. The lowest BCUT2D eigenvalue weighted by Gasteiger charge is -2.07. The van der Waals surface area contributed by atoms with Crippen LogP contribution in [0.2, 0.25) is 0 Å². The first-order valence-corrected chi connectivity index (χ1v) is 3.83. The fourth-order valence-corrected chi connectivity index (χ4v) is 1.07. The minimum Gasteiger partial charge on any atom is -0.497 e. The van der Waals surface area contributed by atoms with E-state index in [1.807, 2.05) is 31.5 Å². The van der Waals surface area contributed by atoms with Gasteiger partial charge in [-0.25, -0.2) is 0 Å². The summed E-state index contributed by atoms with van der Waals surface area (Å²) in [5, 5.41) is 0. The van der Waals surface area contributed by atoms with Crippen LogP contribution in [0.25, 0.3) is 0 Å². The Hall–Kier alpha value is -1.18. The Bertz CT molecular complexity index is 256. The average molecular weight is 165 g/mol. The Morgan fingerprint density at radius 1 is 1.17 bits per heavy atom. The van der Waals surface area contributed by atoms with Crippen LogP contribution in [0.1, 0.15) is 12.5 Å². The topological polar surface area (TPSA) is 18.5 Å². The van der Waals surface area contributed by atoms with Crippen molar-refractivity contribution in [3.8, 4) is 11.5 Å². The van der Waals surface area contributed by atoms with Crippen molar-refractivity contribution in [3.05, 3.63) is 30.2 Å². The molecule has 0 unspecified atom stereocenters. The van der Waals surface area contributed by atoms with Crippen LogP contribution in [0, 0.1) is 6.42 Å². The number of rotatable bonds is 3. The molecule has 0 aliphatic heterocycles. The van der Waals surface area contributed by atoms with Gasteiger partial charge in [0, 0.05) is 5.56 Å². The summed E-state index contributed by atoms with van der Waals surface area (Å²) < 4.78 is 10.2. The van der Waals surface area contributed by atoms with Crippen molar-refractivity contribution < 1.29 is 9.47 Å². The quantitative estimate of drug-likeness (QED) is 0.684. The Morgan fingerprint density at radius 2 is 1.92 bits per heavy atom. The molecular formula is C10H13O2. The molecule has 1 rings (SSSR count). The molecule has 12 heavy (non-hydrogen) atoms. The zero-order valence-electron chi connectivity index (χ0n) is 7.63. The summed E-state index contributed by atoms with van der Waals surface area (Å²) in [5.74, 6) is 1.72. The minimum atomic E-state index is 0.851. The van der Waals surface area contributed by atoms with E-state index in [4.69, 9.17) is 9.47 Å². The number of methoxy groups -OCH3 is 2. The molecule has 2 nitrogen and oxygen atoms in total. The van der Waals surface area contributed by atoms with Crippen LogP contribution in [-0.4, -0.2) is 14.2 Å². The van der Waals surface area contributed by atoms with Crippen LogP contribution in [0.3, 0.4) is 0 Å². The van der Waals surface area contributed by atoms with Gasteiger partial charge in [0.2, 0.25) is 0 Å². The fraction of sp³-hybridized carbons (Fsp3) is 0.300. The summed E-state index contributed by atoms with van der Waals surface area (Å²) in [6.07, 6.45) is 1.99. The maximum Gasteiger partial charge on any atom is 0.122 e. The molecule has 0 N–H and O–H groups in total. The van der Waals surface area contributed by atoms with Crippen molar-refractivity contribution in [3.63, 3.8) is 0 Å². The zero-order valence-corrected chi connectivity index (χ0v) is 7.63. The molecule has 0 bridgehead atoms. The lowest BCUT2D eigenvalue weighted by Crippen LogP contribution is -1.90. The summed E-state index contributed by atoms with van der Waals surface area (Å²) in [6.45, 7) is 1.97. The highest BCUT2D eigenvalue weighted by Crippen LogP contribution is 2.24. The largest absolute Gasteiger partial charge is 0.497 e. The minimum absolute atomic E-state index is 0.851. The van der Waals surface area contributed by atoms with E-state index in [9.17, 15) is 0 Å². The van der Waals surface area contributed by atoms with Crippen molar-refractivity contribution >= 4 is 0 Å². The van der Waals surface area contributed by atoms with E-state index in [1.54, 1.807) is 14.2 Å². The molecule has 0 amide bonds. The Labute approximate surface area is 73.1 Å². The van der Waals surface area contributed by atoms with Gasteiger partial charge in [-0.2, -0.15) is 0 Å². The van der Waals surface area contributed by atoms with Gasteiger partial charge in [-0.1, -0.05) is 6.92 Å². The van der Waals surface area contributed by atoms with Gasteiger partial charge in [-0.3, -0.25) is 0 Å². The summed E-state index contributed by atoms with van der Waals surface area (Å²) in [6, 6.07) is 5.72. The van der Waals surface area contributed by atoms with Crippen LogP contribution >= 0.6 is 0 Å². The third-order valence-electron chi connectivity index (χ3n) is 1.75. The lowest BCUT2D eigenvalue weighted by atomic mass is 10.1. The van der Waals surface area contributed by atoms with Crippen molar-refractivity contribution in [2.75, 3.05) is 14.2 Å². The van der Waals surface area contributed by atoms with Crippen LogP contribution in [0.5, 0.6) is 11.5 Å². The summed E-state index contributed by atoms with van der Waals surface area (Å²) >= 11 is 0. The SMILES string of the molecule is C[CH]c1cc(OC)ccc1OC. The molecule has 0 spiro atoms. The van der Waals surface area contributed by atoms with Gasteiger partial charge in [-0.05, 0) is 24.6 Å². The Balaban J connectivity index is 3.02. The van der Waals surface area contributed by atoms with Crippen molar-refractivity contribution in [2.45, 2.75) is 6.92 Å². The molecule has 1 aromatic carbocycles. The molecule has 0 saturated carbocycles. The molecule has 0 fully saturated rings. The van der Waals surface area contributed by atoms with Crippen LogP contribution in [0.15, 0.2) is 18.2 Å². The number of hydrogen-bond acceptors (Lipinski definition) is 2. The molecule has 1 aromatic rings. The fourth-order valence-electron chi connectivity index (χ4n) is 1.07. The highest BCUT2D eigenvalue weighted by Gasteiger charge is 2.01. The molecule has 0 heterocycles. The van der Waals surface area contributed by atoms with Crippen molar-refractivity contribution in [2.24, 2.45) is 0 Å². The molecule has 0 aromatic heterocycles. The first kappa shape index (κ1) is 8.91. The molecule has 0 aliphatic rings. The van der Waals surface area contributed by atoms with Gasteiger partial charge in [0.15, 0.2) is 0 Å². The van der Waals surface area contributed by atoms with Gasteiger partial charge < -0.3 is 9.47 Å². The van der Waals surface area contributed by atoms with Crippen molar-refractivity contribution in [1.29, 1.82) is 0 Å². The summed E-state index contributed by atoms with van der Waals surface area (Å²) in [4.78, 5) is 0. The summed E-state index contributed by atoms with van der Waals surface area (Å²) in [7, 11) is 3.32. The molecule has 1 radical (unpaired) electrons. The van der Waals surface area contributed by atoms with E-state index in [1.165, 1.54) is 0 Å². The average Bonchev–Trinajstić information content (AvgIpc) is 2.16. The first-order chi connectivity index (χ1) is 5.81. The summed E-state index contributed by atoms with van der Waals surface area (Å²) in [5.41, 5.74) is 1.05. The van der Waals surface area contributed by atoms with E-state index in [0.29, 0.717) is 0 Å². The van der Waals surface area contributed by atoms with E-state index in [0.717, 1.165) is 17.1 Å². The number of ether oxygens (including phenoxy) is 2. The molecular weight excluding hydrogens is 152 g/mol. The molecule has 0 saturated heterocycles. The molecule has 65 valence electrons. The van der Waals surface area contributed by atoms with Gasteiger partial charge in [0.25, 0.3) is 0 Å². The van der Waals surface area contributed by atoms with Gasteiger partial charge in [0.05, 0.1) is 14.2 Å². The van der Waals surface area contributed by atoms with E-state index < -0.39 is 0 Å². The zero-order chi connectivity index (χ0) is 8.97. The number of hydrogen-bond donors (Lipinski definition) is 0. The maximum absolute atomic E-state index is 5.15. The van der Waals surface area contributed by atoms with Crippen LogP contribution in [0.4, 0.5) is 0 Å². The second-order valence-electron chi connectivity index (χ2n) is 2.40. The Morgan fingerprint density at radius 3 is 2.42 bits per heavy atom. The highest BCUT2D eigenvalue weighted by molar-refractivity contribution is 5.43. The van der Waals surface area contributed by atoms with Crippen molar-refractivity contribution in [1.82, 2.24) is 0 Å². The predicted molar refractivity (Wildman–Crippen MR) is 48.6 cm³/mol. The predicted octanol–water partition coefficient (Wildman–Crippen LogP) is 2.28. The molecule has 2 heteroatoms.